The van der Waals surface area contributed by atoms with Crippen molar-refractivity contribution in [3.63, 3.8) is 0 Å². The van der Waals surface area contributed by atoms with Crippen LogP contribution in [-0.2, 0) is 14.3 Å². The summed E-state index contributed by atoms with van der Waals surface area (Å²) in [7, 11) is 1.51. The Labute approximate surface area is 204 Å². The van der Waals surface area contributed by atoms with Gasteiger partial charge in [-0.15, -0.1) is 0 Å². The Balaban J connectivity index is 1.33. The van der Waals surface area contributed by atoms with Crippen molar-refractivity contribution >= 4 is 23.3 Å². The first-order valence-electron chi connectivity index (χ1n) is 11.3. The van der Waals surface area contributed by atoms with Crippen LogP contribution in [0, 0.1) is 19.8 Å². The first kappa shape index (κ1) is 24.0. The Morgan fingerprint density at radius 3 is 2.37 bits per heavy atom. The molecule has 1 amide bonds. The summed E-state index contributed by atoms with van der Waals surface area (Å²) in [5.74, 6) is 0.232. The smallest absolute Gasteiger partial charge is 0.311 e. The summed E-state index contributed by atoms with van der Waals surface area (Å²) in [5, 5.41) is 0. The largest absolute Gasteiger partial charge is 0.497 e. The van der Waals surface area contributed by atoms with Crippen molar-refractivity contribution in [3.05, 3.63) is 83.4 Å². The summed E-state index contributed by atoms with van der Waals surface area (Å²) in [4.78, 5) is 39.0. The van der Waals surface area contributed by atoms with E-state index in [1.54, 1.807) is 53.4 Å². The third-order valence-electron chi connectivity index (χ3n) is 6.06. The van der Waals surface area contributed by atoms with Gasteiger partial charge in [-0.25, -0.2) is 0 Å². The van der Waals surface area contributed by atoms with Crippen molar-refractivity contribution in [2.75, 3.05) is 25.2 Å². The molecule has 4 rings (SSSR count). The van der Waals surface area contributed by atoms with E-state index in [9.17, 15) is 14.4 Å². The molecule has 0 saturated carbocycles. The molecule has 1 aliphatic rings. The second-order valence-corrected chi connectivity index (χ2v) is 8.51. The third kappa shape index (κ3) is 5.69. The van der Waals surface area contributed by atoms with Crippen LogP contribution in [0.5, 0.6) is 17.2 Å². The van der Waals surface area contributed by atoms with Crippen LogP contribution in [0.4, 0.5) is 5.69 Å². The highest BCUT2D eigenvalue weighted by atomic mass is 16.5. The molecule has 1 aliphatic heterocycles. The fourth-order valence-electron chi connectivity index (χ4n) is 3.86. The number of carbonyl (C=O) groups excluding carboxylic acids is 3. The minimum Gasteiger partial charge on any atom is -0.497 e. The normalized spacial score (nSPS) is 15.1. The van der Waals surface area contributed by atoms with Crippen molar-refractivity contribution in [1.29, 1.82) is 0 Å². The van der Waals surface area contributed by atoms with Crippen LogP contribution in [-0.4, -0.2) is 37.9 Å². The summed E-state index contributed by atoms with van der Waals surface area (Å²) in [6.45, 7) is 3.88. The molecule has 0 radical (unpaired) electrons. The number of nitrogens with zero attached hydrogens (tertiary/aromatic N) is 1. The zero-order chi connectivity index (χ0) is 24.9. The van der Waals surface area contributed by atoms with Gasteiger partial charge in [0.2, 0.25) is 5.91 Å². The molecule has 0 aliphatic carbocycles. The number of aryl methyl sites for hydroxylation is 2. The number of benzene rings is 3. The van der Waals surface area contributed by atoms with Gasteiger partial charge in [0.1, 0.15) is 17.2 Å². The van der Waals surface area contributed by atoms with Crippen LogP contribution in [0.25, 0.3) is 0 Å². The van der Waals surface area contributed by atoms with Crippen LogP contribution in [0.2, 0.25) is 0 Å². The van der Waals surface area contributed by atoms with Crippen LogP contribution in [0.3, 0.4) is 0 Å². The lowest BCUT2D eigenvalue weighted by Gasteiger charge is -2.17. The van der Waals surface area contributed by atoms with Crippen LogP contribution < -0.4 is 14.4 Å². The SMILES string of the molecule is COc1cccc(C(=O)COC(=O)[C@@H]2CC(=O)N(c3ccc(Oc4ccc(C)c(C)c4)cc3)C2)c1. The Hall–Kier alpha value is -4.13. The number of hydrogen-bond acceptors (Lipinski definition) is 6. The lowest BCUT2D eigenvalue weighted by Crippen LogP contribution is -2.27. The zero-order valence-corrected chi connectivity index (χ0v) is 19.9. The Kier molecular flexibility index (Phi) is 7.15. The van der Waals surface area contributed by atoms with E-state index >= 15 is 0 Å². The maximum absolute atomic E-state index is 12.6. The van der Waals surface area contributed by atoms with E-state index in [2.05, 4.69) is 0 Å². The lowest BCUT2D eigenvalue weighted by atomic mass is 10.1. The topological polar surface area (TPSA) is 82.1 Å². The number of amides is 1. The number of esters is 1. The molecular weight excluding hydrogens is 446 g/mol. The molecule has 7 heteroatoms. The van der Waals surface area contributed by atoms with Crippen molar-refractivity contribution in [2.45, 2.75) is 20.3 Å². The first-order chi connectivity index (χ1) is 16.8. The number of ether oxygens (including phenoxy) is 3. The number of rotatable bonds is 8. The highest BCUT2D eigenvalue weighted by Crippen LogP contribution is 2.30. The molecule has 0 spiro atoms. The quantitative estimate of drug-likeness (QED) is 0.343. The number of hydrogen-bond donors (Lipinski definition) is 0. The summed E-state index contributed by atoms with van der Waals surface area (Å²) < 4.78 is 16.2. The van der Waals surface area contributed by atoms with Gasteiger partial charge in [-0.05, 0) is 73.5 Å². The van der Waals surface area contributed by atoms with Gasteiger partial charge < -0.3 is 19.1 Å². The minimum absolute atomic E-state index is 0.0348. The summed E-state index contributed by atoms with van der Waals surface area (Å²) in [5.41, 5.74) is 3.40. The van der Waals surface area contributed by atoms with Crippen LogP contribution in [0.15, 0.2) is 66.7 Å². The Morgan fingerprint density at radius 1 is 0.914 bits per heavy atom. The third-order valence-corrected chi connectivity index (χ3v) is 6.06. The standard InChI is InChI=1S/C28H27NO6/c1-18-7-10-25(13-19(18)2)35-23-11-8-22(9-12-23)29-16-21(15-27(29)31)28(32)34-17-26(30)20-5-4-6-24(14-20)33-3/h4-14,21H,15-17H2,1-3H3/t21-/m1/s1. The molecule has 0 N–H and O–H groups in total. The molecule has 180 valence electrons. The van der Waals surface area contributed by atoms with Gasteiger partial charge >= 0.3 is 5.97 Å². The van der Waals surface area contributed by atoms with Crippen molar-refractivity contribution in [2.24, 2.45) is 5.92 Å². The predicted molar refractivity (Wildman–Crippen MR) is 131 cm³/mol. The number of Topliss-reactive ketones (excluding diaryl/α,β-unsaturated/α-hetero) is 1. The van der Waals surface area contributed by atoms with Gasteiger partial charge in [-0.3, -0.25) is 14.4 Å². The fourth-order valence-corrected chi connectivity index (χ4v) is 3.86. The average Bonchev–Trinajstić information content (AvgIpc) is 3.26. The van der Waals surface area contributed by atoms with Gasteiger partial charge in [0.05, 0.1) is 13.0 Å². The number of ketones is 1. The van der Waals surface area contributed by atoms with E-state index in [1.165, 1.54) is 12.7 Å². The van der Waals surface area contributed by atoms with Gasteiger partial charge in [0.15, 0.2) is 12.4 Å². The highest BCUT2D eigenvalue weighted by molar-refractivity contribution is 6.01. The molecular formula is C28H27NO6. The molecule has 3 aromatic rings. The maximum Gasteiger partial charge on any atom is 0.311 e. The van der Waals surface area contributed by atoms with Crippen molar-refractivity contribution in [1.82, 2.24) is 0 Å². The molecule has 0 unspecified atom stereocenters. The lowest BCUT2D eigenvalue weighted by molar-refractivity contribution is -0.147. The van der Waals surface area contributed by atoms with Gasteiger partial charge in [-0.1, -0.05) is 18.2 Å². The van der Waals surface area contributed by atoms with E-state index in [0.717, 1.165) is 11.3 Å². The van der Waals surface area contributed by atoms with Crippen molar-refractivity contribution in [3.8, 4) is 17.2 Å². The zero-order valence-electron chi connectivity index (χ0n) is 19.9. The van der Waals surface area contributed by atoms with E-state index < -0.39 is 11.9 Å². The molecule has 1 heterocycles. The summed E-state index contributed by atoms with van der Waals surface area (Å²) >= 11 is 0. The molecule has 7 nitrogen and oxygen atoms in total. The van der Waals surface area contributed by atoms with Crippen LogP contribution >= 0.6 is 0 Å². The van der Waals surface area contributed by atoms with E-state index in [0.29, 0.717) is 22.7 Å². The predicted octanol–water partition coefficient (Wildman–Crippen LogP) is 4.88. The molecule has 1 atom stereocenters. The maximum atomic E-state index is 12.6. The van der Waals surface area contributed by atoms with Gasteiger partial charge in [-0.2, -0.15) is 0 Å². The summed E-state index contributed by atoms with van der Waals surface area (Å²) in [6.07, 6.45) is 0.0348. The first-order valence-corrected chi connectivity index (χ1v) is 11.3. The molecule has 35 heavy (non-hydrogen) atoms. The van der Waals surface area contributed by atoms with Gasteiger partial charge in [0, 0.05) is 24.2 Å². The second kappa shape index (κ2) is 10.4. The Morgan fingerprint density at radius 2 is 1.66 bits per heavy atom. The molecule has 1 saturated heterocycles. The fraction of sp³-hybridized carbons (Fsp3) is 0.250. The minimum atomic E-state index is -0.632. The summed E-state index contributed by atoms with van der Waals surface area (Å²) in [6, 6.07) is 19.7. The number of carbonyl (C=O) groups is 3. The molecule has 0 bridgehead atoms. The van der Waals surface area contributed by atoms with E-state index in [-0.39, 0.29) is 31.3 Å². The van der Waals surface area contributed by atoms with E-state index in [4.69, 9.17) is 14.2 Å². The molecule has 1 fully saturated rings. The van der Waals surface area contributed by atoms with Crippen LogP contribution in [0.1, 0.15) is 27.9 Å². The number of anilines is 1. The number of methoxy groups -OCH3 is 1. The second-order valence-electron chi connectivity index (χ2n) is 8.51. The molecule has 3 aromatic carbocycles. The highest BCUT2D eigenvalue weighted by Gasteiger charge is 2.36. The monoisotopic (exact) mass is 473 g/mol. The molecule has 0 aromatic heterocycles. The Bertz CT molecular complexity index is 1250. The van der Waals surface area contributed by atoms with E-state index in [1.807, 2.05) is 32.0 Å². The van der Waals surface area contributed by atoms with Crippen molar-refractivity contribution < 1.29 is 28.6 Å². The van der Waals surface area contributed by atoms with Gasteiger partial charge in [0.25, 0.3) is 0 Å². The average molecular weight is 474 g/mol.